The Kier molecular flexibility index (Phi) is 65.9. The smallest absolute Gasteiger partial charge is 0.305 e. The van der Waals surface area contributed by atoms with Crippen LogP contribution < -0.4 is 5.32 Å². The second-order valence-electron chi connectivity index (χ2n) is 24.2. The molecule has 0 rings (SSSR count). The molecule has 0 aliphatic carbocycles. The van der Waals surface area contributed by atoms with Gasteiger partial charge in [-0.1, -0.05) is 333 Å². The molecule has 460 valence electrons. The van der Waals surface area contributed by atoms with Gasteiger partial charge >= 0.3 is 5.97 Å². The fraction of sp³-hybridized carbons (Fsp3) is 0.889. The molecule has 6 heteroatoms. The number of rotatable bonds is 66. The number of amides is 1. The van der Waals surface area contributed by atoms with Gasteiger partial charge in [-0.2, -0.15) is 0 Å². The molecule has 2 unspecified atom stereocenters. The van der Waals surface area contributed by atoms with Crippen molar-refractivity contribution in [2.75, 3.05) is 13.2 Å². The summed E-state index contributed by atoms with van der Waals surface area (Å²) >= 11 is 0. The number of ether oxygens (including phenoxy) is 1. The first-order valence-corrected chi connectivity index (χ1v) is 35.2. The Bertz CT molecular complexity index is 1260. The van der Waals surface area contributed by atoms with Crippen molar-refractivity contribution in [3.05, 3.63) is 36.5 Å². The Balaban J connectivity index is 3.36. The van der Waals surface area contributed by atoms with E-state index in [-0.39, 0.29) is 18.5 Å². The number of aliphatic hydroxyl groups excluding tert-OH is 2. The molecule has 0 saturated heterocycles. The first-order valence-electron chi connectivity index (χ1n) is 35.2. The number of hydrogen-bond acceptors (Lipinski definition) is 5. The van der Waals surface area contributed by atoms with Crippen LogP contribution in [-0.2, 0) is 14.3 Å². The Morgan fingerprint density at radius 1 is 0.359 bits per heavy atom. The molecular formula is C72H137NO5. The lowest BCUT2D eigenvalue weighted by atomic mass is 10.0. The third-order valence-corrected chi connectivity index (χ3v) is 16.4. The van der Waals surface area contributed by atoms with Crippen molar-refractivity contribution in [2.24, 2.45) is 0 Å². The average molecular weight is 1100 g/mol. The quantitative estimate of drug-likeness (QED) is 0.0320. The minimum Gasteiger partial charge on any atom is -0.466 e. The van der Waals surface area contributed by atoms with Crippen molar-refractivity contribution in [2.45, 2.75) is 398 Å². The van der Waals surface area contributed by atoms with Gasteiger partial charge in [0.2, 0.25) is 5.91 Å². The van der Waals surface area contributed by atoms with Crippen molar-refractivity contribution in [1.29, 1.82) is 0 Å². The minimum absolute atomic E-state index is 0.00255. The predicted molar refractivity (Wildman–Crippen MR) is 343 cm³/mol. The van der Waals surface area contributed by atoms with Crippen LogP contribution in [0.1, 0.15) is 386 Å². The van der Waals surface area contributed by atoms with Crippen LogP contribution >= 0.6 is 0 Å². The van der Waals surface area contributed by atoms with Crippen LogP contribution in [-0.4, -0.2) is 47.4 Å². The molecule has 0 aromatic heterocycles. The highest BCUT2D eigenvalue weighted by molar-refractivity contribution is 5.76. The summed E-state index contributed by atoms with van der Waals surface area (Å²) in [6.07, 6.45) is 86.3. The van der Waals surface area contributed by atoms with Crippen molar-refractivity contribution in [1.82, 2.24) is 5.32 Å². The summed E-state index contributed by atoms with van der Waals surface area (Å²) in [5.41, 5.74) is 0. The van der Waals surface area contributed by atoms with Gasteiger partial charge in [0.25, 0.3) is 0 Å². The monoisotopic (exact) mass is 1100 g/mol. The molecule has 0 heterocycles. The second kappa shape index (κ2) is 67.6. The van der Waals surface area contributed by atoms with Crippen molar-refractivity contribution >= 4 is 11.9 Å². The lowest BCUT2D eigenvalue weighted by Crippen LogP contribution is -2.45. The summed E-state index contributed by atoms with van der Waals surface area (Å²) in [7, 11) is 0. The van der Waals surface area contributed by atoms with Gasteiger partial charge in [-0.3, -0.25) is 9.59 Å². The normalized spacial score (nSPS) is 12.7. The van der Waals surface area contributed by atoms with Gasteiger partial charge in [0.05, 0.1) is 25.4 Å². The molecule has 0 saturated carbocycles. The van der Waals surface area contributed by atoms with Crippen molar-refractivity contribution in [3.8, 4) is 0 Å². The first kappa shape index (κ1) is 76.1. The summed E-state index contributed by atoms with van der Waals surface area (Å²) in [6.45, 7) is 4.91. The van der Waals surface area contributed by atoms with Crippen LogP contribution in [0.5, 0.6) is 0 Å². The van der Waals surface area contributed by atoms with E-state index in [9.17, 15) is 19.8 Å². The fourth-order valence-corrected chi connectivity index (χ4v) is 11.0. The van der Waals surface area contributed by atoms with Crippen LogP contribution in [0.3, 0.4) is 0 Å². The highest BCUT2D eigenvalue weighted by Crippen LogP contribution is 2.19. The van der Waals surface area contributed by atoms with Crippen LogP contribution in [0.4, 0.5) is 0 Å². The van der Waals surface area contributed by atoms with Gasteiger partial charge in [-0.05, 0) is 77.0 Å². The SMILES string of the molecule is CCC/C=C\C/C=C\CCCCCCCC(=O)OCCCCCCCCCCCCCC/C=C\CCCCCCCCCCCCCCCCCC(=O)NC(CO)C(O)CCCCCCCCCCCCCCCCCCC. The van der Waals surface area contributed by atoms with Crippen molar-refractivity contribution in [3.63, 3.8) is 0 Å². The summed E-state index contributed by atoms with van der Waals surface area (Å²) in [5, 5.41) is 23.4. The molecule has 0 aromatic carbocycles. The fourth-order valence-electron chi connectivity index (χ4n) is 11.0. The number of esters is 1. The predicted octanol–water partition coefficient (Wildman–Crippen LogP) is 22.7. The van der Waals surface area contributed by atoms with Gasteiger partial charge in [0.1, 0.15) is 0 Å². The van der Waals surface area contributed by atoms with Crippen LogP contribution in [0.2, 0.25) is 0 Å². The summed E-state index contributed by atoms with van der Waals surface area (Å²) in [6, 6.07) is -0.540. The molecular weight excluding hydrogens is 959 g/mol. The molecule has 0 spiro atoms. The van der Waals surface area contributed by atoms with E-state index in [0.29, 0.717) is 25.9 Å². The number of aliphatic hydroxyl groups is 2. The second-order valence-corrected chi connectivity index (χ2v) is 24.2. The van der Waals surface area contributed by atoms with Crippen LogP contribution in [0.15, 0.2) is 36.5 Å². The Morgan fingerprint density at radius 3 is 1.04 bits per heavy atom. The maximum absolute atomic E-state index is 12.5. The van der Waals surface area contributed by atoms with E-state index in [1.807, 2.05) is 0 Å². The Hall–Kier alpha value is -1.92. The van der Waals surface area contributed by atoms with E-state index < -0.39 is 12.1 Å². The highest BCUT2D eigenvalue weighted by atomic mass is 16.5. The number of carbonyl (C=O) groups excluding carboxylic acids is 2. The first-order chi connectivity index (χ1) is 38.5. The van der Waals surface area contributed by atoms with Gasteiger partial charge in [0.15, 0.2) is 0 Å². The molecule has 6 nitrogen and oxygen atoms in total. The van der Waals surface area contributed by atoms with Crippen LogP contribution in [0.25, 0.3) is 0 Å². The lowest BCUT2D eigenvalue weighted by molar-refractivity contribution is -0.143. The van der Waals surface area contributed by atoms with E-state index >= 15 is 0 Å². The largest absolute Gasteiger partial charge is 0.466 e. The molecule has 78 heavy (non-hydrogen) atoms. The molecule has 0 bridgehead atoms. The van der Waals surface area contributed by atoms with E-state index in [2.05, 4.69) is 55.6 Å². The maximum atomic E-state index is 12.5. The molecule has 0 aromatic rings. The zero-order valence-electron chi connectivity index (χ0n) is 52.7. The summed E-state index contributed by atoms with van der Waals surface area (Å²) in [5.74, 6) is -0.0272. The topological polar surface area (TPSA) is 95.9 Å². The summed E-state index contributed by atoms with van der Waals surface area (Å²) < 4.78 is 5.47. The van der Waals surface area contributed by atoms with Crippen LogP contribution in [0, 0.1) is 0 Å². The van der Waals surface area contributed by atoms with Gasteiger partial charge in [-0.25, -0.2) is 0 Å². The number of unbranched alkanes of at least 4 members (excludes halogenated alkanes) is 49. The lowest BCUT2D eigenvalue weighted by Gasteiger charge is -2.22. The molecule has 2 atom stereocenters. The van der Waals surface area contributed by atoms with Gasteiger partial charge < -0.3 is 20.3 Å². The molecule has 0 radical (unpaired) electrons. The molecule has 0 aliphatic heterocycles. The van der Waals surface area contributed by atoms with E-state index in [1.54, 1.807) is 0 Å². The van der Waals surface area contributed by atoms with E-state index in [4.69, 9.17) is 4.74 Å². The van der Waals surface area contributed by atoms with Gasteiger partial charge in [-0.15, -0.1) is 0 Å². The average Bonchev–Trinajstić information content (AvgIpc) is 3.44. The molecule has 0 aliphatic rings. The molecule has 3 N–H and O–H groups in total. The number of carbonyl (C=O) groups is 2. The zero-order valence-corrected chi connectivity index (χ0v) is 52.7. The van der Waals surface area contributed by atoms with Gasteiger partial charge in [0, 0.05) is 12.8 Å². The number of nitrogens with one attached hydrogen (secondary N) is 1. The molecule has 1 amide bonds. The maximum Gasteiger partial charge on any atom is 0.305 e. The summed E-state index contributed by atoms with van der Waals surface area (Å²) in [4.78, 5) is 24.6. The van der Waals surface area contributed by atoms with Crippen molar-refractivity contribution < 1.29 is 24.5 Å². The Labute approximate surface area is 487 Å². The third kappa shape index (κ3) is 63.3. The third-order valence-electron chi connectivity index (χ3n) is 16.4. The highest BCUT2D eigenvalue weighted by Gasteiger charge is 2.20. The number of hydrogen-bond donors (Lipinski definition) is 3. The Morgan fingerprint density at radius 2 is 0.667 bits per heavy atom. The van der Waals surface area contributed by atoms with E-state index in [1.165, 1.54) is 302 Å². The van der Waals surface area contributed by atoms with E-state index in [0.717, 1.165) is 51.4 Å². The standard InChI is InChI=1S/C72H137NO5/c1-3-5-7-9-11-13-15-17-18-34-37-41-44-48-52-56-60-64-70(75)69(68-74)73-71(76)65-61-57-53-49-45-42-38-35-32-30-28-26-24-22-20-19-21-23-25-27-29-31-33-36-39-43-47-51-55-59-63-67-78-72(77)66-62-58-54-50-46-40-16-14-12-10-8-6-4-2/h8,10,14,16,21,23,69-70,74-75H,3-7,9,11-13,15,17-20,22,24-68H2,1-2H3,(H,73,76)/b10-8-,16-14-,23-21-. The zero-order chi connectivity index (χ0) is 56.4. The minimum atomic E-state index is -0.663. The number of allylic oxidation sites excluding steroid dienone is 6. The molecule has 0 fully saturated rings.